The van der Waals surface area contributed by atoms with Gasteiger partial charge in [-0.15, -0.1) is 0 Å². The van der Waals surface area contributed by atoms with Crippen LogP contribution in [-0.4, -0.2) is 46.8 Å². The monoisotopic (exact) mass is 355 g/mol. The van der Waals surface area contributed by atoms with E-state index >= 15 is 0 Å². The molecule has 4 N–H and O–H groups in total. The van der Waals surface area contributed by atoms with Crippen LogP contribution in [0.1, 0.15) is 0 Å². The van der Waals surface area contributed by atoms with Crippen LogP contribution in [0.15, 0.2) is 29.2 Å². The van der Waals surface area contributed by atoms with Crippen molar-refractivity contribution in [2.24, 2.45) is 5.73 Å². The van der Waals surface area contributed by atoms with E-state index in [1.807, 2.05) is 0 Å². The van der Waals surface area contributed by atoms with Crippen LogP contribution in [0.3, 0.4) is 0 Å². The van der Waals surface area contributed by atoms with E-state index in [-0.39, 0.29) is 17.2 Å². The molecule has 1 aromatic rings. The van der Waals surface area contributed by atoms with Gasteiger partial charge >= 0.3 is 6.18 Å². The van der Waals surface area contributed by atoms with E-state index < -0.39 is 34.7 Å². The summed E-state index contributed by atoms with van der Waals surface area (Å²) >= 11 is 0. The number of nitrogens with one attached hydrogen (secondary N) is 2. The number of ether oxygens (including phenoxy) is 1. The summed E-state index contributed by atoms with van der Waals surface area (Å²) in [6.45, 7) is -1.67. The zero-order chi connectivity index (χ0) is 17.7. The standard InChI is InChI=1S/C12H16F3N3O4S/c1-22-6-10(16)11(19)18-8-2-4-9(5-3-8)23(20,21)17-7-12(13,14)15/h2-5,10,17H,6-7,16H2,1H3,(H,18,19). The molecule has 23 heavy (non-hydrogen) atoms. The van der Waals surface area contributed by atoms with Crippen molar-refractivity contribution < 1.29 is 31.1 Å². The predicted molar refractivity (Wildman–Crippen MR) is 76.2 cm³/mol. The predicted octanol–water partition coefficient (Wildman–Crippen LogP) is 0.439. The molecule has 0 heterocycles. The van der Waals surface area contributed by atoms with Crippen molar-refractivity contribution in [3.05, 3.63) is 24.3 Å². The molecular formula is C12H16F3N3O4S. The highest BCUT2D eigenvalue weighted by molar-refractivity contribution is 7.89. The molecule has 0 aromatic heterocycles. The quantitative estimate of drug-likeness (QED) is 0.657. The first-order valence-corrected chi connectivity index (χ1v) is 7.75. The Labute approximate surface area is 131 Å². The van der Waals surface area contributed by atoms with E-state index in [4.69, 9.17) is 10.5 Å². The second-order valence-corrected chi connectivity index (χ2v) is 6.28. The van der Waals surface area contributed by atoms with Gasteiger partial charge < -0.3 is 15.8 Å². The molecule has 1 unspecified atom stereocenters. The molecule has 0 aliphatic carbocycles. The molecule has 0 aliphatic rings. The highest BCUT2D eigenvalue weighted by atomic mass is 32.2. The molecule has 1 aromatic carbocycles. The maximum atomic E-state index is 12.1. The second kappa shape index (κ2) is 7.73. The Morgan fingerprint density at radius 1 is 1.30 bits per heavy atom. The molecule has 0 fully saturated rings. The number of anilines is 1. The second-order valence-electron chi connectivity index (χ2n) is 4.52. The van der Waals surface area contributed by atoms with E-state index in [0.717, 1.165) is 12.1 Å². The third kappa shape index (κ3) is 6.52. The summed E-state index contributed by atoms with van der Waals surface area (Å²) in [6, 6.07) is 3.70. The highest BCUT2D eigenvalue weighted by Crippen LogP contribution is 2.17. The van der Waals surface area contributed by atoms with Gasteiger partial charge in [0, 0.05) is 12.8 Å². The molecule has 1 amide bonds. The lowest BCUT2D eigenvalue weighted by molar-refractivity contribution is -0.121. The maximum Gasteiger partial charge on any atom is 0.402 e. The highest BCUT2D eigenvalue weighted by Gasteiger charge is 2.30. The molecule has 130 valence electrons. The summed E-state index contributed by atoms with van der Waals surface area (Å²) in [5.74, 6) is -0.544. The first-order valence-electron chi connectivity index (χ1n) is 6.27. The lowest BCUT2D eigenvalue weighted by Gasteiger charge is -2.12. The van der Waals surface area contributed by atoms with Crippen molar-refractivity contribution in [1.82, 2.24) is 4.72 Å². The third-order valence-corrected chi connectivity index (χ3v) is 3.99. The molecule has 0 bridgehead atoms. The zero-order valence-electron chi connectivity index (χ0n) is 12.1. The van der Waals surface area contributed by atoms with Crippen LogP contribution in [0, 0.1) is 0 Å². The number of alkyl halides is 3. The average Bonchev–Trinajstić information content (AvgIpc) is 2.45. The molecule has 1 atom stereocenters. The van der Waals surface area contributed by atoms with Crippen LogP contribution in [0.2, 0.25) is 0 Å². The number of benzene rings is 1. The smallest absolute Gasteiger partial charge is 0.383 e. The fourth-order valence-corrected chi connectivity index (χ4v) is 2.48. The minimum atomic E-state index is -4.65. The number of halogens is 3. The maximum absolute atomic E-state index is 12.1. The lowest BCUT2D eigenvalue weighted by atomic mass is 10.2. The molecule has 0 aliphatic heterocycles. The molecule has 1 rings (SSSR count). The summed E-state index contributed by atoms with van der Waals surface area (Å²) in [4.78, 5) is 11.3. The van der Waals surface area contributed by atoms with Gasteiger partial charge in [-0.05, 0) is 24.3 Å². The number of hydrogen-bond acceptors (Lipinski definition) is 5. The van der Waals surface area contributed by atoms with Gasteiger partial charge in [-0.2, -0.15) is 13.2 Å². The summed E-state index contributed by atoms with van der Waals surface area (Å²) in [6.07, 6.45) is -4.65. The van der Waals surface area contributed by atoms with Crippen molar-refractivity contribution in [2.75, 3.05) is 25.6 Å². The van der Waals surface area contributed by atoms with Crippen LogP contribution in [0.4, 0.5) is 18.9 Å². The number of methoxy groups -OCH3 is 1. The van der Waals surface area contributed by atoms with Crippen LogP contribution in [0.5, 0.6) is 0 Å². The zero-order valence-corrected chi connectivity index (χ0v) is 12.9. The number of amides is 1. The largest absolute Gasteiger partial charge is 0.402 e. The Bertz CT molecular complexity index is 632. The van der Waals surface area contributed by atoms with E-state index in [1.165, 1.54) is 24.0 Å². The molecule has 7 nitrogen and oxygen atoms in total. The van der Waals surface area contributed by atoms with Crippen LogP contribution < -0.4 is 15.8 Å². The van der Waals surface area contributed by atoms with Gasteiger partial charge in [-0.25, -0.2) is 13.1 Å². The van der Waals surface area contributed by atoms with Crippen LogP contribution >= 0.6 is 0 Å². The van der Waals surface area contributed by atoms with Gasteiger partial charge in [0.15, 0.2) is 0 Å². The summed E-state index contributed by atoms with van der Waals surface area (Å²) in [5, 5.41) is 2.42. The van der Waals surface area contributed by atoms with E-state index in [0.29, 0.717) is 0 Å². The van der Waals surface area contributed by atoms with Gasteiger partial charge in [0.2, 0.25) is 15.9 Å². The Kier molecular flexibility index (Phi) is 6.50. The molecule has 0 saturated heterocycles. The van der Waals surface area contributed by atoms with Crippen molar-refractivity contribution in [1.29, 1.82) is 0 Å². The lowest BCUT2D eigenvalue weighted by Crippen LogP contribution is -2.39. The fourth-order valence-electron chi connectivity index (χ4n) is 1.47. The number of sulfonamides is 1. The van der Waals surface area contributed by atoms with Crippen LogP contribution in [-0.2, 0) is 19.6 Å². The van der Waals surface area contributed by atoms with E-state index in [1.54, 1.807) is 0 Å². The Hall–Kier alpha value is -1.69. The molecule has 0 saturated carbocycles. The Balaban J connectivity index is 2.74. The average molecular weight is 355 g/mol. The minimum Gasteiger partial charge on any atom is -0.383 e. The van der Waals surface area contributed by atoms with Gasteiger partial charge in [-0.1, -0.05) is 0 Å². The number of carbonyl (C=O) groups excluding carboxylic acids is 1. The number of rotatable bonds is 7. The van der Waals surface area contributed by atoms with Crippen molar-refractivity contribution >= 4 is 21.6 Å². The van der Waals surface area contributed by atoms with Gasteiger partial charge in [0.1, 0.15) is 12.6 Å². The van der Waals surface area contributed by atoms with Gasteiger partial charge in [0.25, 0.3) is 0 Å². The number of nitrogens with two attached hydrogens (primary N) is 1. The van der Waals surface area contributed by atoms with Crippen molar-refractivity contribution in [2.45, 2.75) is 17.1 Å². The third-order valence-electron chi connectivity index (χ3n) is 2.58. The first kappa shape index (κ1) is 19.4. The first-order chi connectivity index (χ1) is 10.5. The normalized spacial score (nSPS) is 13.6. The Morgan fingerprint density at radius 2 is 1.87 bits per heavy atom. The van der Waals surface area contributed by atoms with Gasteiger partial charge in [0.05, 0.1) is 11.5 Å². The van der Waals surface area contributed by atoms with Crippen molar-refractivity contribution in [3.63, 3.8) is 0 Å². The number of carbonyl (C=O) groups is 1. The molecule has 0 spiro atoms. The molecular weight excluding hydrogens is 339 g/mol. The number of hydrogen-bond donors (Lipinski definition) is 3. The minimum absolute atomic E-state index is 0.000339. The topological polar surface area (TPSA) is 111 Å². The SMILES string of the molecule is COCC(N)C(=O)Nc1ccc(S(=O)(=O)NCC(F)(F)F)cc1. The Morgan fingerprint density at radius 3 is 2.35 bits per heavy atom. The van der Waals surface area contributed by atoms with Crippen LogP contribution in [0.25, 0.3) is 0 Å². The summed E-state index contributed by atoms with van der Waals surface area (Å²) < 4.78 is 65.6. The van der Waals surface area contributed by atoms with E-state index in [2.05, 4.69) is 5.32 Å². The molecule has 0 radical (unpaired) electrons. The molecule has 11 heteroatoms. The van der Waals surface area contributed by atoms with Gasteiger partial charge in [-0.3, -0.25) is 4.79 Å². The fraction of sp³-hybridized carbons (Fsp3) is 0.417. The summed E-state index contributed by atoms with van der Waals surface area (Å²) in [5.41, 5.74) is 5.75. The summed E-state index contributed by atoms with van der Waals surface area (Å²) in [7, 11) is -2.92. The van der Waals surface area contributed by atoms with Crippen molar-refractivity contribution in [3.8, 4) is 0 Å². The van der Waals surface area contributed by atoms with E-state index in [9.17, 15) is 26.4 Å².